The van der Waals surface area contributed by atoms with Crippen LogP contribution in [0.3, 0.4) is 0 Å². The average Bonchev–Trinajstić information content (AvgIpc) is 2.89. The summed E-state index contributed by atoms with van der Waals surface area (Å²) < 4.78 is 5.49. The normalized spacial score (nSPS) is 24.5. The van der Waals surface area contributed by atoms with E-state index in [2.05, 4.69) is 17.9 Å². The lowest BCUT2D eigenvalue weighted by molar-refractivity contribution is 0.203. The van der Waals surface area contributed by atoms with Gasteiger partial charge < -0.3 is 10.2 Å². The quantitative estimate of drug-likeness (QED) is 0.823. The second-order valence-corrected chi connectivity index (χ2v) is 4.32. The van der Waals surface area contributed by atoms with Crippen molar-refractivity contribution in [2.45, 2.75) is 25.8 Å². The fraction of sp³-hybridized carbons (Fsp3) is 0.667. The Hall–Kier alpha value is -0.800. The first-order valence-electron chi connectivity index (χ1n) is 5.82. The smallest absolute Gasteiger partial charge is 0.120 e. The van der Waals surface area contributed by atoms with Gasteiger partial charge in [-0.3, -0.25) is 4.90 Å². The van der Waals surface area contributed by atoms with Crippen LogP contribution in [0.1, 0.15) is 31.6 Å². The van der Waals surface area contributed by atoms with E-state index in [1.54, 1.807) is 6.26 Å². The fourth-order valence-corrected chi connectivity index (χ4v) is 2.46. The van der Waals surface area contributed by atoms with Crippen molar-refractivity contribution < 1.29 is 4.42 Å². The summed E-state index contributed by atoms with van der Waals surface area (Å²) >= 11 is 0. The molecular formula is C12H20N2O. The topological polar surface area (TPSA) is 42.4 Å². The van der Waals surface area contributed by atoms with E-state index in [0.29, 0.717) is 12.0 Å². The van der Waals surface area contributed by atoms with Gasteiger partial charge in [-0.2, -0.15) is 0 Å². The van der Waals surface area contributed by atoms with E-state index in [-0.39, 0.29) is 0 Å². The summed E-state index contributed by atoms with van der Waals surface area (Å²) in [7, 11) is 0. The minimum Gasteiger partial charge on any atom is -0.468 e. The molecule has 2 unspecified atom stereocenters. The molecule has 0 amide bonds. The maximum atomic E-state index is 5.71. The van der Waals surface area contributed by atoms with E-state index in [0.717, 1.165) is 31.8 Å². The monoisotopic (exact) mass is 208 g/mol. The zero-order valence-electron chi connectivity index (χ0n) is 9.36. The van der Waals surface area contributed by atoms with Crippen molar-refractivity contribution >= 4 is 0 Å². The molecule has 84 valence electrons. The highest BCUT2D eigenvalue weighted by Crippen LogP contribution is 2.29. The lowest BCUT2D eigenvalue weighted by Gasteiger charge is -2.24. The van der Waals surface area contributed by atoms with Gasteiger partial charge in [0.15, 0.2) is 0 Å². The Morgan fingerprint density at radius 2 is 2.53 bits per heavy atom. The van der Waals surface area contributed by atoms with Crippen molar-refractivity contribution in [3.05, 3.63) is 24.2 Å². The van der Waals surface area contributed by atoms with Gasteiger partial charge in [0, 0.05) is 6.54 Å². The van der Waals surface area contributed by atoms with Crippen LogP contribution < -0.4 is 5.73 Å². The van der Waals surface area contributed by atoms with Crippen LogP contribution in [0.15, 0.2) is 22.8 Å². The molecule has 1 aromatic rings. The second kappa shape index (κ2) is 4.81. The van der Waals surface area contributed by atoms with Gasteiger partial charge >= 0.3 is 0 Å². The highest BCUT2D eigenvalue weighted by Gasteiger charge is 2.28. The molecule has 1 aliphatic heterocycles. The van der Waals surface area contributed by atoms with E-state index in [9.17, 15) is 0 Å². The summed E-state index contributed by atoms with van der Waals surface area (Å²) in [5.41, 5.74) is 5.71. The van der Waals surface area contributed by atoms with E-state index in [1.807, 2.05) is 6.07 Å². The molecule has 3 nitrogen and oxygen atoms in total. The summed E-state index contributed by atoms with van der Waals surface area (Å²) in [6, 6.07) is 4.48. The van der Waals surface area contributed by atoms with Gasteiger partial charge in [0.05, 0.1) is 12.3 Å². The Balaban J connectivity index is 2.02. The maximum absolute atomic E-state index is 5.71. The molecule has 0 aromatic carbocycles. The average molecular weight is 208 g/mol. The molecule has 0 radical (unpaired) electrons. The standard InChI is InChI=1S/C12H20N2O/c1-2-11(12-4-3-7-15-12)14-6-5-10(8-13)9-14/h3-4,7,10-11H,2,5-6,8-9,13H2,1H3. The van der Waals surface area contributed by atoms with Crippen LogP contribution in [0.4, 0.5) is 0 Å². The van der Waals surface area contributed by atoms with Gasteiger partial charge in [0.25, 0.3) is 0 Å². The fourth-order valence-electron chi connectivity index (χ4n) is 2.46. The minimum absolute atomic E-state index is 0.441. The molecule has 0 bridgehead atoms. The number of rotatable bonds is 4. The molecule has 1 saturated heterocycles. The van der Waals surface area contributed by atoms with Crippen LogP contribution in [-0.2, 0) is 0 Å². The number of furan rings is 1. The first kappa shape index (κ1) is 10.7. The van der Waals surface area contributed by atoms with Gasteiger partial charge in [-0.15, -0.1) is 0 Å². The lowest BCUT2D eigenvalue weighted by atomic mass is 10.1. The molecule has 2 rings (SSSR count). The minimum atomic E-state index is 0.441. The van der Waals surface area contributed by atoms with Crippen LogP contribution in [0.25, 0.3) is 0 Å². The first-order valence-corrected chi connectivity index (χ1v) is 5.82. The molecule has 1 aliphatic rings. The van der Waals surface area contributed by atoms with Crippen molar-refractivity contribution in [1.82, 2.24) is 4.90 Å². The first-order chi connectivity index (χ1) is 7.35. The van der Waals surface area contributed by atoms with Crippen LogP contribution in [-0.4, -0.2) is 24.5 Å². The predicted molar refractivity (Wildman–Crippen MR) is 60.5 cm³/mol. The number of nitrogens with zero attached hydrogens (tertiary/aromatic N) is 1. The molecule has 0 spiro atoms. The third kappa shape index (κ3) is 2.24. The summed E-state index contributed by atoms with van der Waals surface area (Å²) in [6.07, 6.45) is 4.09. The molecule has 15 heavy (non-hydrogen) atoms. The van der Waals surface area contributed by atoms with E-state index >= 15 is 0 Å². The van der Waals surface area contributed by atoms with Crippen molar-refractivity contribution in [3.8, 4) is 0 Å². The van der Waals surface area contributed by atoms with Crippen LogP contribution in [0.5, 0.6) is 0 Å². The number of hydrogen-bond donors (Lipinski definition) is 1. The number of likely N-dealkylation sites (tertiary alicyclic amines) is 1. The van der Waals surface area contributed by atoms with Crippen molar-refractivity contribution in [1.29, 1.82) is 0 Å². The van der Waals surface area contributed by atoms with Gasteiger partial charge in [-0.25, -0.2) is 0 Å². The maximum Gasteiger partial charge on any atom is 0.120 e. The van der Waals surface area contributed by atoms with Crippen molar-refractivity contribution in [2.24, 2.45) is 11.7 Å². The summed E-state index contributed by atoms with van der Waals surface area (Å²) in [4.78, 5) is 2.50. The van der Waals surface area contributed by atoms with E-state index in [4.69, 9.17) is 10.2 Å². The Labute approximate surface area is 91.2 Å². The summed E-state index contributed by atoms with van der Waals surface area (Å²) in [6.45, 7) is 5.30. The van der Waals surface area contributed by atoms with Crippen molar-refractivity contribution in [3.63, 3.8) is 0 Å². The Bertz CT molecular complexity index is 284. The molecule has 0 saturated carbocycles. The van der Waals surface area contributed by atoms with Gasteiger partial charge in [-0.05, 0) is 44.0 Å². The third-order valence-corrected chi connectivity index (χ3v) is 3.35. The Morgan fingerprint density at radius 1 is 1.67 bits per heavy atom. The van der Waals surface area contributed by atoms with Gasteiger partial charge in [0.1, 0.15) is 5.76 Å². The van der Waals surface area contributed by atoms with Crippen LogP contribution in [0, 0.1) is 5.92 Å². The largest absolute Gasteiger partial charge is 0.468 e. The molecule has 3 heteroatoms. The van der Waals surface area contributed by atoms with Crippen LogP contribution >= 0.6 is 0 Å². The van der Waals surface area contributed by atoms with Crippen molar-refractivity contribution in [2.75, 3.05) is 19.6 Å². The lowest BCUT2D eigenvalue weighted by Crippen LogP contribution is -2.27. The molecule has 1 aromatic heterocycles. The zero-order valence-corrected chi connectivity index (χ0v) is 9.36. The molecule has 0 aliphatic carbocycles. The SMILES string of the molecule is CCC(c1ccco1)N1CCC(CN)C1. The highest BCUT2D eigenvalue weighted by atomic mass is 16.3. The Morgan fingerprint density at radius 3 is 3.07 bits per heavy atom. The molecule has 2 N–H and O–H groups in total. The van der Waals surface area contributed by atoms with E-state index < -0.39 is 0 Å². The molecular weight excluding hydrogens is 188 g/mol. The predicted octanol–water partition coefficient (Wildman–Crippen LogP) is 2.01. The third-order valence-electron chi connectivity index (χ3n) is 3.35. The van der Waals surface area contributed by atoms with Gasteiger partial charge in [-0.1, -0.05) is 6.92 Å². The van der Waals surface area contributed by atoms with Crippen LogP contribution in [0.2, 0.25) is 0 Å². The molecule has 2 heterocycles. The highest BCUT2D eigenvalue weighted by molar-refractivity contribution is 5.05. The molecule has 1 fully saturated rings. The number of hydrogen-bond acceptors (Lipinski definition) is 3. The summed E-state index contributed by atoms with van der Waals surface area (Å²) in [5.74, 6) is 1.77. The number of nitrogens with two attached hydrogens (primary N) is 1. The Kier molecular flexibility index (Phi) is 3.44. The van der Waals surface area contributed by atoms with E-state index in [1.165, 1.54) is 6.42 Å². The molecule has 2 atom stereocenters. The summed E-state index contributed by atoms with van der Waals surface area (Å²) in [5, 5.41) is 0. The van der Waals surface area contributed by atoms with Gasteiger partial charge in [0.2, 0.25) is 0 Å². The zero-order chi connectivity index (χ0) is 10.7. The second-order valence-electron chi connectivity index (χ2n) is 4.32.